The van der Waals surface area contributed by atoms with Gasteiger partial charge in [0.2, 0.25) is 0 Å². The highest BCUT2D eigenvalue weighted by atomic mass is 32.2. The number of anilines is 1. The van der Waals surface area contributed by atoms with E-state index < -0.39 is 33.3 Å². The average molecular weight is 355 g/mol. The van der Waals surface area contributed by atoms with Crippen LogP contribution in [-0.4, -0.2) is 26.5 Å². The Labute approximate surface area is 138 Å². The maximum Gasteiger partial charge on any atom is 0.335 e. The number of benzene rings is 2. The molecule has 2 aromatic carbocycles. The first-order valence-corrected chi connectivity index (χ1v) is 8.42. The second-order valence-corrected chi connectivity index (χ2v) is 6.99. The minimum Gasteiger partial charge on any atom is -0.478 e. The molecule has 0 aliphatic heterocycles. The first-order chi connectivity index (χ1) is 11.2. The van der Waals surface area contributed by atoms with E-state index >= 15 is 0 Å². The molecule has 0 saturated carbocycles. The van der Waals surface area contributed by atoms with Gasteiger partial charge in [0.1, 0.15) is 11.6 Å². The number of carboxylic acids is 1. The van der Waals surface area contributed by atoms with E-state index in [1.54, 1.807) is 6.92 Å². The Morgan fingerprint density at radius 3 is 2.42 bits per heavy atom. The summed E-state index contributed by atoms with van der Waals surface area (Å²) in [6.07, 6.45) is 0.327. The predicted molar refractivity (Wildman–Crippen MR) is 84.7 cm³/mol. The van der Waals surface area contributed by atoms with Gasteiger partial charge in [0.25, 0.3) is 10.0 Å². The first-order valence-electron chi connectivity index (χ1n) is 6.98. The Morgan fingerprint density at radius 1 is 1.17 bits per heavy atom. The lowest BCUT2D eigenvalue weighted by molar-refractivity contribution is 0.0696. The largest absolute Gasteiger partial charge is 0.478 e. The molecule has 8 heteroatoms. The van der Waals surface area contributed by atoms with Crippen LogP contribution in [0.2, 0.25) is 0 Å². The van der Waals surface area contributed by atoms with Gasteiger partial charge in [-0.2, -0.15) is 0 Å². The number of halogens is 2. The van der Waals surface area contributed by atoms with Gasteiger partial charge in [0.05, 0.1) is 16.1 Å². The summed E-state index contributed by atoms with van der Waals surface area (Å²) in [4.78, 5) is 10.8. The van der Waals surface area contributed by atoms with Gasteiger partial charge in [0.15, 0.2) is 0 Å². The van der Waals surface area contributed by atoms with Gasteiger partial charge < -0.3 is 5.11 Å². The van der Waals surface area contributed by atoms with Crippen molar-refractivity contribution < 1.29 is 27.1 Å². The molecular formula is C16H15F2NO4S. The number of aromatic carboxylic acids is 1. The number of hydrogen-bond acceptors (Lipinski definition) is 3. The topological polar surface area (TPSA) is 74.7 Å². The second-order valence-electron chi connectivity index (χ2n) is 5.05. The minimum atomic E-state index is -4.27. The van der Waals surface area contributed by atoms with Crippen LogP contribution in [0.15, 0.2) is 41.3 Å². The molecule has 24 heavy (non-hydrogen) atoms. The molecule has 0 spiro atoms. The molecular weight excluding hydrogens is 340 g/mol. The maximum absolute atomic E-state index is 13.9. The number of nitrogens with zero attached hydrogens (tertiary/aromatic N) is 1. The van der Waals surface area contributed by atoms with Crippen molar-refractivity contribution in [1.82, 2.24) is 0 Å². The van der Waals surface area contributed by atoms with Crippen molar-refractivity contribution in [2.24, 2.45) is 0 Å². The summed E-state index contributed by atoms with van der Waals surface area (Å²) >= 11 is 0. The minimum absolute atomic E-state index is 0.209. The zero-order chi connectivity index (χ0) is 18.1. The Hall–Kier alpha value is -2.48. The van der Waals surface area contributed by atoms with Gasteiger partial charge >= 0.3 is 5.97 Å². The molecule has 0 saturated heterocycles. The van der Waals surface area contributed by atoms with Crippen molar-refractivity contribution in [2.75, 3.05) is 11.4 Å². The smallest absolute Gasteiger partial charge is 0.335 e. The van der Waals surface area contributed by atoms with Gasteiger partial charge in [-0.15, -0.1) is 0 Å². The fraction of sp³-hybridized carbons (Fsp3) is 0.188. The van der Waals surface area contributed by atoms with E-state index in [9.17, 15) is 22.0 Å². The Bertz CT molecular complexity index is 897. The van der Waals surface area contributed by atoms with E-state index in [-0.39, 0.29) is 10.5 Å². The second kappa shape index (κ2) is 6.56. The third kappa shape index (κ3) is 3.23. The van der Waals surface area contributed by atoms with Crippen molar-refractivity contribution >= 4 is 21.7 Å². The fourth-order valence-electron chi connectivity index (χ4n) is 2.22. The van der Waals surface area contributed by atoms with Crippen molar-refractivity contribution in [2.45, 2.75) is 18.2 Å². The quantitative estimate of drug-likeness (QED) is 0.894. The van der Waals surface area contributed by atoms with Crippen LogP contribution in [0.1, 0.15) is 22.8 Å². The number of rotatable bonds is 5. The molecule has 0 fully saturated rings. The lowest BCUT2D eigenvalue weighted by Crippen LogP contribution is -2.28. The third-order valence-corrected chi connectivity index (χ3v) is 5.43. The summed E-state index contributed by atoms with van der Waals surface area (Å²) in [5, 5.41) is 9.06. The van der Waals surface area contributed by atoms with Gasteiger partial charge in [-0.3, -0.25) is 4.31 Å². The molecule has 0 atom stereocenters. The normalized spacial score (nSPS) is 11.3. The van der Waals surface area contributed by atoms with Crippen LogP contribution >= 0.6 is 0 Å². The van der Waals surface area contributed by atoms with E-state index in [0.29, 0.717) is 16.3 Å². The highest BCUT2D eigenvalue weighted by molar-refractivity contribution is 7.92. The molecule has 0 heterocycles. The lowest BCUT2D eigenvalue weighted by atomic mass is 10.1. The average Bonchev–Trinajstić information content (AvgIpc) is 2.55. The van der Waals surface area contributed by atoms with E-state index in [1.807, 2.05) is 0 Å². The van der Waals surface area contributed by atoms with Crippen LogP contribution in [0, 0.1) is 11.6 Å². The number of hydrogen-bond donors (Lipinski definition) is 1. The molecule has 2 aromatic rings. The summed E-state index contributed by atoms with van der Waals surface area (Å²) in [5.41, 5.74) is -0.291. The van der Waals surface area contributed by atoms with Crippen LogP contribution < -0.4 is 4.31 Å². The first kappa shape index (κ1) is 17.9. The lowest BCUT2D eigenvalue weighted by Gasteiger charge is -2.22. The Kier molecular flexibility index (Phi) is 4.88. The maximum atomic E-state index is 13.9. The number of aryl methyl sites for hydroxylation is 1. The van der Waals surface area contributed by atoms with E-state index in [4.69, 9.17) is 5.11 Å². The summed E-state index contributed by atoms with van der Waals surface area (Å²) < 4.78 is 53.4. The molecule has 0 aliphatic carbocycles. The molecule has 0 aromatic heterocycles. The van der Waals surface area contributed by atoms with Crippen molar-refractivity contribution in [3.8, 4) is 0 Å². The molecule has 128 valence electrons. The Balaban J connectivity index is 2.63. The Morgan fingerprint density at radius 2 is 1.83 bits per heavy atom. The van der Waals surface area contributed by atoms with E-state index in [0.717, 1.165) is 31.3 Å². The van der Waals surface area contributed by atoms with Gasteiger partial charge in [0, 0.05) is 13.1 Å². The van der Waals surface area contributed by atoms with E-state index in [2.05, 4.69) is 0 Å². The van der Waals surface area contributed by atoms with Gasteiger partial charge in [-0.1, -0.05) is 13.0 Å². The van der Waals surface area contributed by atoms with Crippen molar-refractivity contribution in [3.63, 3.8) is 0 Å². The third-order valence-electron chi connectivity index (χ3n) is 3.58. The number of carbonyl (C=O) groups is 1. The highest BCUT2D eigenvalue weighted by Crippen LogP contribution is 2.28. The zero-order valence-electron chi connectivity index (χ0n) is 13.0. The fourth-order valence-corrected chi connectivity index (χ4v) is 3.74. The van der Waals surface area contributed by atoms with Crippen molar-refractivity contribution in [3.05, 3.63) is 59.2 Å². The molecule has 5 nitrogen and oxygen atoms in total. The van der Waals surface area contributed by atoms with Crippen LogP contribution in [0.3, 0.4) is 0 Å². The summed E-state index contributed by atoms with van der Waals surface area (Å²) in [6, 6.07) is 6.17. The van der Waals surface area contributed by atoms with Crippen LogP contribution in [0.5, 0.6) is 0 Å². The SMILES string of the molecule is CCc1ccc(C(=O)O)cc1S(=O)(=O)N(C)c1cc(F)ccc1F. The monoisotopic (exact) mass is 355 g/mol. The van der Waals surface area contributed by atoms with Crippen LogP contribution in [0.4, 0.5) is 14.5 Å². The summed E-state index contributed by atoms with van der Waals surface area (Å²) in [7, 11) is -3.18. The summed E-state index contributed by atoms with van der Waals surface area (Å²) in [5.74, 6) is -2.98. The predicted octanol–water partition coefficient (Wildman–Crippen LogP) is 3.05. The highest BCUT2D eigenvalue weighted by Gasteiger charge is 2.27. The van der Waals surface area contributed by atoms with Crippen LogP contribution in [-0.2, 0) is 16.4 Å². The summed E-state index contributed by atoms with van der Waals surface area (Å²) in [6.45, 7) is 1.71. The molecule has 2 rings (SSSR count). The molecule has 1 N–H and O–H groups in total. The molecule has 0 amide bonds. The van der Waals surface area contributed by atoms with Crippen LogP contribution in [0.25, 0.3) is 0 Å². The molecule has 0 aliphatic rings. The molecule has 0 unspecified atom stereocenters. The molecule has 0 radical (unpaired) electrons. The van der Waals surface area contributed by atoms with Gasteiger partial charge in [-0.25, -0.2) is 22.0 Å². The van der Waals surface area contributed by atoms with E-state index in [1.165, 1.54) is 12.1 Å². The number of sulfonamides is 1. The zero-order valence-corrected chi connectivity index (χ0v) is 13.8. The van der Waals surface area contributed by atoms with Gasteiger partial charge in [-0.05, 0) is 36.2 Å². The number of carboxylic acid groups (broad SMARTS) is 1. The molecule has 0 bridgehead atoms. The van der Waals surface area contributed by atoms with Crippen molar-refractivity contribution in [1.29, 1.82) is 0 Å². The standard InChI is InChI=1S/C16H15F2NO4S/c1-3-10-4-5-11(16(20)21)8-15(10)24(22,23)19(2)14-9-12(17)6-7-13(14)18/h4-9H,3H2,1-2H3,(H,20,21).